The molecule has 0 atom stereocenters. The van der Waals surface area contributed by atoms with Gasteiger partial charge in [0.05, 0.1) is 21.7 Å². The van der Waals surface area contributed by atoms with Crippen LogP contribution in [0.2, 0.25) is 0 Å². The summed E-state index contributed by atoms with van der Waals surface area (Å²) in [6.07, 6.45) is 5.29. The van der Waals surface area contributed by atoms with Crippen molar-refractivity contribution in [1.29, 1.82) is 0 Å². The van der Waals surface area contributed by atoms with E-state index in [1.807, 2.05) is 6.92 Å². The molecule has 0 radical (unpaired) electrons. The molecule has 1 saturated carbocycles. The minimum atomic E-state index is 0.384. The predicted octanol–water partition coefficient (Wildman–Crippen LogP) is 4.57. The molecule has 1 aliphatic carbocycles. The first-order chi connectivity index (χ1) is 9.20. The highest BCUT2D eigenvalue weighted by Crippen LogP contribution is 2.34. The van der Waals surface area contributed by atoms with Crippen LogP contribution < -0.4 is 10.2 Å². The summed E-state index contributed by atoms with van der Waals surface area (Å²) in [7, 11) is 0. The maximum atomic E-state index is 5.65. The topological polar surface area (TPSA) is 30.5 Å². The van der Waals surface area contributed by atoms with Crippen molar-refractivity contribution < 1.29 is 9.57 Å². The summed E-state index contributed by atoms with van der Waals surface area (Å²) < 4.78 is 7.48. The fourth-order valence-electron chi connectivity index (χ4n) is 2.25. The van der Waals surface area contributed by atoms with Gasteiger partial charge in [-0.15, -0.1) is 0 Å². The molecule has 1 aromatic carbocycles. The summed E-state index contributed by atoms with van der Waals surface area (Å²) in [4.78, 5) is 5.65. The highest BCUT2D eigenvalue weighted by Gasteiger charge is 2.15. The van der Waals surface area contributed by atoms with Crippen LogP contribution in [0.25, 0.3) is 0 Å². The van der Waals surface area contributed by atoms with Gasteiger partial charge in [0, 0.05) is 6.54 Å². The molecule has 1 aliphatic rings. The first-order valence-corrected chi connectivity index (χ1v) is 8.28. The summed E-state index contributed by atoms with van der Waals surface area (Å²) in [5, 5.41) is 0. The molecule has 0 amide bonds. The summed E-state index contributed by atoms with van der Waals surface area (Å²) in [6.45, 7) is 3.32. The van der Waals surface area contributed by atoms with Crippen LogP contribution in [0.4, 0.5) is 0 Å². The number of benzene rings is 1. The van der Waals surface area contributed by atoms with Gasteiger partial charge in [-0.3, -0.25) is 4.84 Å². The lowest BCUT2D eigenvalue weighted by Gasteiger charge is -2.14. The quantitative estimate of drug-likeness (QED) is 0.719. The maximum absolute atomic E-state index is 5.65. The van der Waals surface area contributed by atoms with Crippen LogP contribution in [0.1, 0.15) is 38.2 Å². The Morgan fingerprint density at radius 3 is 2.42 bits per heavy atom. The Morgan fingerprint density at radius 2 is 1.84 bits per heavy atom. The number of rotatable bonds is 6. The second-order valence-electron chi connectivity index (χ2n) is 4.67. The van der Waals surface area contributed by atoms with Crippen molar-refractivity contribution in [3.63, 3.8) is 0 Å². The van der Waals surface area contributed by atoms with Gasteiger partial charge in [-0.1, -0.05) is 12.8 Å². The molecule has 0 unspecified atom stereocenters. The van der Waals surface area contributed by atoms with Crippen LogP contribution in [-0.2, 0) is 11.4 Å². The van der Waals surface area contributed by atoms with Gasteiger partial charge in [-0.25, -0.2) is 0 Å². The minimum Gasteiger partial charge on any atom is -0.492 e. The molecule has 0 bridgehead atoms. The van der Waals surface area contributed by atoms with E-state index in [0.717, 1.165) is 20.3 Å². The molecule has 0 aliphatic heterocycles. The first kappa shape index (κ1) is 15.3. The van der Waals surface area contributed by atoms with Gasteiger partial charge in [0.2, 0.25) is 0 Å². The van der Waals surface area contributed by atoms with E-state index in [9.17, 15) is 0 Å². The molecule has 3 nitrogen and oxygen atoms in total. The molecule has 0 saturated heterocycles. The van der Waals surface area contributed by atoms with E-state index in [2.05, 4.69) is 49.5 Å². The average molecular weight is 393 g/mol. The summed E-state index contributed by atoms with van der Waals surface area (Å²) in [6, 6.07) is 4.11. The Kier molecular flexibility index (Phi) is 6.13. The normalized spacial score (nSPS) is 15.9. The number of halogens is 2. The third-order valence-electron chi connectivity index (χ3n) is 3.18. The molecule has 0 heterocycles. The van der Waals surface area contributed by atoms with Crippen LogP contribution in [-0.4, -0.2) is 12.7 Å². The fraction of sp³-hybridized carbons (Fsp3) is 0.571. The number of ether oxygens (including phenoxy) is 1. The number of hydrogen-bond donors (Lipinski definition) is 1. The third kappa shape index (κ3) is 4.45. The Morgan fingerprint density at radius 1 is 1.21 bits per heavy atom. The molecule has 1 aromatic rings. The van der Waals surface area contributed by atoms with Crippen molar-refractivity contribution in [2.24, 2.45) is 0 Å². The van der Waals surface area contributed by atoms with Crippen molar-refractivity contribution in [1.82, 2.24) is 5.48 Å². The molecular formula is C14H19Br2NO2. The summed E-state index contributed by atoms with van der Waals surface area (Å²) in [5.74, 6) is 0.850. The standard InChI is InChI=1S/C14H19Br2NO2/c1-2-18-14-12(15)7-10(8-13(14)16)9-17-19-11-5-3-4-6-11/h7-8,11,17H,2-6,9H2,1H3. The van der Waals surface area contributed by atoms with E-state index in [1.54, 1.807) is 0 Å². The van der Waals surface area contributed by atoms with E-state index in [1.165, 1.54) is 25.7 Å². The molecule has 0 aromatic heterocycles. The number of hydroxylamine groups is 1. The van der Waals surface area contributed by atoms with Crippen LogP contribution in [0.15, 0.2) is 21.1 Å². The van der Waals surface area contributed by atoms with Crippen molar-refractivity contribution in [3.8, 4) is 5.75 Å². The van der Waals surface area contributed by atoms with Crippen LogP contribution in [0, 0.1) is 0 Å². The molecule has 1 N–H and O–H groups in total. The second kappa shape index (κ2) is 7.62. The minimum absolute atomic E-state index is 0.384. The first-order valence-electron chi connectivity index (χ1n) is 6.70. The molecular weight excluding hydrogens is 374 g/mol. The average Bonchev–Trinajstić information content (AvgIpc) is 2.87. The monoisotopic (exact) mass is 391 g/mol. The third-order valence-corrected chi connectivity index (χ3v) is 4.35. The Balaban J connectivity index is 1.89. The van der Waals surface area contributed by atoms with Crippen molar-refractivity contribution >= 4 is 31.9 Å². The van der Waals surface area contributed by atoms with Gasteiger partial charge in [-0.05, 0) is 69.3 Å². The number of nitrogens with one attached hydrogen (secondary N) is 1. The van der Waals surface area contributed by atoms with Gasteiger partial charge in [-0.2, -0.15) is 5.48 Å². The van der Waals surface area contributed by atoms with Crippen LogP contribution in [0.5, 0.6) is 5.75 Å². The summed E-state index contributed by atoms with van der Waals surface area (Å²) in [5.41, 5.74) is 4.22. The predicted molar refractivity (Wildman–Crippen MR) is 83.2 cm³/mol. The Labute approximate surface area is 131 Å². The van der Waals surface area contributed by atoms with Gasteiger partial charge < -0.3 is 4.74 Å². The molecule has 19 heavy (non-hydrogen) atoms. The van der Waals surface area contributed by atoms with E-state index in [-0.39, 0.29) is 0 Å². The fourth-order valence-corrected chi connectivity index (χ4v) is 3.76. The van der Waals surface area contributed by atoms with E-state index < -0.39 is 0 Å². The number of hydrogen-bond acceptors (Lipinski definition) is 3. The van der Waals surface area contributed by atoms with E-state index >= 15 is 0 Å². The Bertz CT molecular complexity index is 397. The molecule has 0 spiro atoms. The second-order valence-corrected chi connectivity index (χ2v) is 6.38. The zero-order valence-corrected chi connectivity index (χ0v) is 14.2. The van der Waals surface area contributed by atoms with Crippen LogP contribution >= 0.6 is 31.9 Å². The molecule has 5 heteroatoms. The van der Waals surface area contributed by atoms with Gasteiger partial charge in [0.25, 0.3) is 0 Å². The highest BCUT2D eigenvalue weighted by atomic mass is 79.9. The van der Waals surface area contributed by atoms with Crippen molar-refractivity contribution in [2.75, 3.05) is 6.61 Å². The largest absolute Gasteiger partial charge is 0.492 e. The van der Waals surface area contributed by atoms with Gasteiger partial charge in [0.15, 0.2) is 0 Å². The SMILES string of the molecule is CCOc1c(Br)cc(CNOC2CCCC2)cc1Br. The smallest absolute Gasteiger partial charge is 0.147 e. The molecule has 106 valence electrons. The zero-order valence-electron chi connectivity index (χ0n) is 11.0. The lowest BCUT2D eigenvalue weighted by Crippen LogP contribution is -2.21. The lowest BCUT2D eigenvalue weighted by atomic mass is 10.2. The van der Waals surface area contributed by atoms with Crippen LogP contribution in [0.3, 0.4) is 0 Å². The van der Waals surface area contributed by atoms with Gasteiger partial charge >= 0.3 is 0 Å². The lowest BCUT2D eigenvalue weighted by molar-refractivity contribution is -0.0244. The van der Waals surface area contributed by atoms with E-state index in [4.69, 9.17) is 9.57 Å². The molecule has 1 fully saturated rings. The van der Waals surface area contributed by atoms with Crippen molar-refractivity contribution in [2.45, 2.75) is 45.3 Å². The maximum Gasteiger partial charge on any atom is 0.147 e. The zero-order chi connectivity index (χ0) is 13.7. The van der Waals surface area contributed by atoms with E-state index in [0.29, 0.717) is 19.3 Å². The van der Waals surface area contributed by atoms with Crippen molar-refractivity contribution in [3.05, 3.63) is 26.6 Å². The van der Waals surface area contributed by atoms with Gasteiger partial charge in [0.1, 0.15) is 5.75 Å². The highest BCUT2D eigenvalue weighted by molar-refractivity contribution is 9.11. The molecule has 2 rings (SSSR count). The summed E-state index contributed by atoms with van der Waals surface area (Å²) >= 11 is 7.07. The Hall–Kier alpha value is -0.100.